The van der Waals surface area contributed by atoms with E-state index in [4.69, 9.17) is 4.74 Å². The first-order valence-electron chi connectivity index (χ1n) is 7.93. The van der Waals surface area contributed by atoms with E-state index in [0.717, 1.165) is 45.5 Å². The van der Waals surface area contributed by atoms with Crippen LogP contribution in [0.1, 0.15) is 24.8 Å². The Balaban J connectivity index is 1.47. The van der Waals surface area contributed by atoms with E-state index in [-0.39, 0.29) is 12.0 Å². The normalized spacial score (nSPS) is 25.3. The molecule has 1 N–H and O–H groups in total. The van der Waals surface area contributed by atoms with E-state index in [1.165, 1.54) is 11.3 Å². The lowest BCUT2D eigenvalue weighted by Gasteiger charge is -2.19. The molecular weight excluding hydrogens is 264 g/mol. The van der Waals surface area contributed by atoms with Gasteiger partial charge in [0.1, 0.15) is 6.10 Å². The van der Waals surface area contributed by atoms with Crippen molar-refractivity contribution in [2.24, 2.45) is 5.92 Å². The maximum absolute atomic E-state index is 11.9. The number of aryl methyl sites for hydroxylation is 1. The number of hydrogen-bond acceptors (Lipinski definition) is 3. The summed E-state index contributed by atoms with van der Waals surface area (Å²) >= 11 is 0. The Hall–Kier alpha value is -1.55. The second-order valence-corrected chi connectivity index (χ2v) is 6.19. The van der Waals surface area contributed by atoms with E-state index in [2.05, 4.69) is 41.4 Å². The van der Waals surface area contributed by atoms with Crippen LogP contribution in [-0.4, -0.2) is 38.3 Å². The summed E-state index contributed by atoms with van der Waals surface area (Å²) in [6.07, 6.45) is 2.80. The number of amides is 1. The first-order valence-corrected chi connectivity index (χ1v) is 7.93. The molecule has 2 aliphatic heterocycles. The number of ether oxygens (including phenoxy) is 1. The number of rotatable bonds is 4. The number of anilines is 1. The van der Waals surface area contributed by atoms with E-state index in [0.29, 0.717) is 5.92 Å². The zero-order valence-electron chi connectivity index (χ0n) is 12.7. The maximum atomic E-state index is 11.9. The van der Waals surface area contributed by atoms with Crippen LogP contribution in [0.4, 0.5) is 5.69 Å². The van der Waals surface area contributed by atoms with Crippen LogP contribution in [0.3, 0.4) is 0 Å². The molecule has 3 rings (SSSR count). The number of benzene rings is 1. The molecule has 0 bridgehead atoms. The molecule has 1 aromatic rings. The van der Waals surface area contributed by atoms with Crippen molar-refractivity contribution >= 4 is 11.6 Å². The fraction of sp³-hybridized carbons (Fsp3) is 0.588. The van der Waals surface area contributed by atoms with Gasteiger partial charge in [0, 0.05) is 31.9 Å². The van der Waals surface area contributed by atoms with Crippen molar-refractivity contribution in [2.75, 3.05) is 31.1 Å². The molecule has 2 fully saturated rings. The van der Waals surface area contributed by atoms with Gasteiger partial charge in [-0.25, -0.2) is 0 Å². The smallest absolute Gasteiger partial charge is 0.249 e. The molecule has 2 unspecified atom stereocenters. The van der Waals surface area contributed by atoms with Crippen LogP contribution in [0.2, 0.25) is 0 Å². The molecule has 2 aliphatic rings. The van der Waals surface area contributed by atoms with Crippen LogP contribution in [-0.2, 0) is 9.53 Å². The van der Waals surface area contributed by atoms with Gasteiger partial charge in [-0.05, 0) is 49.8 Å². The molecule has 1 amide bonds. The molecule has 0 saturated carbocycles. The van der Waals surface area contributed by atoms with E-state index in [1.54, 1.807) is 0 Å². The van der Waals surface area contributed by atoms with Crippen molar-refractivity contribution in [3.63, 3.8) is 0 Å². The lowest BCUT2D eigenvalue weighted by Crippen LogP contribution is -2.37. The SMILES string of the molecule is Cc1cccc(N2CCC(CNC(=O)C3CCCO3)C2)c1. The van der Waals surface area contributed by atoms with Gasteiger partial charge in [0.05, 0.1) is 0 Å². The molecule has 0 aromatic heterocycles. The van der Waals surface area contributed by atoms with Crippen molar-refractivity contribution in [3.8, 4) is 0 Å². The summed E-state index contributed by atoms with van der Waals surface area (Å²) in [5.74, 6) is 0.609. The van der Waals surface area contributed by atoms with Crippen LogP contribution in [0.25, 0.3) is 0 Å². The van der Waals surface area contributed by atoms with Crippen molar-refractivity contribution in [2.45, 2.75) is 32.3 Å². The molecule has 2 heterocycles. The predicted molar refractivity (Wildman–Crippen MR) is 83.5 cm³/mol. The third-order valence-corrected chi connectivity index (χ3v) is 4.44. The monoisotopic (exact) mass is 288 g/mol. The zero-order chi connectivity index (χ0) is 14.7. The highest BCUT2D eigenvalue weighted by molar-refractivity contribution is 5.80. The Labute approximate surface area is 126 Å². The Morgan fingerprint density at radius 1 is 1.43 bits per heavy atom. The van der Waals surface area contributed by atoms with E-state index >= 15 is 0 Å². The summed E-state index contributed by atoms with van der Waals surface area (Å²) in [4.78, 5) is 14.4. The van der Waals surface area contributed by atoms with Crippen LogP contribution in [0.5, 0.6) is 0 Å². The third kappa shape index (κ3) is 3.56. The zero-order valence-corrected chi connectivity index (χ0v) is 12.7. The molecule has 2 saturated heterocycles. The van der Waals surface area contributed by atoms with Crippen LogP contribution >= 0.6 is 0 Å². The molecule has 0 spiro atoms. The van der Waals surface area contributed by atoms with E-state index in [1.807, 2.05) is 0 Å². The molecule has 4 heteroatoms. The second-order valence-electron chi connectivity index (χ2n) is 6.19. The molecule has 114 valence electrons. The van der Waals surface area contributed by atoms with Crippen LogP contribution in [0, 0.1) is 12.8 Å². The Kier molecular flexibility index (Phi) is 4.44. The van der Waals surface area contributed by atoms with Crippen molar-refractivity contribution in [3.05, 3.63) is 29.8 Å². The molecule has 0 aliphatic carbocycles. The number of carbonyl (C=O) groups is 1. The molecule has 21 heavy (non-hydrogen) atoms. The third-order valence-electron chi connectivity index (χ3n) is 4.44. The van der Waals surface area contributed by atoms with E-state index in [9.17, 15) is 4.79 Å². The fourth-order valence-corrected chi connectivity index (χ4v) is 3.20. The van der Waals surface area contributed by atoms with Crippen molar-refractivity contribution < 1.29 is 9.53 Å². The maximum Gasteiger partial charge on any atom is 0.249 e. The standard InChI is InChI=1S/C17H24N2O2/c1-13-4-2-5-15(10-13)19-8-7-14(12-19)11-18-17(20)16-6-3-9-21-16/h2,4-5,10,14,16H,3,6-9,11-12H2,1H3,(H,18,20). The fourth-order valence-electron chi connectivity index (χ4n) is 3.20. The quantitative estimate of drug-likeness (QED) is 0.922. The predicted octanol–water partition coefficient (Wildman–Crippen LogP) is 2.12. The largest absolute Gasteiger partial charge is 0.371 e. The van der Waals surface area contributed by atoms with Gasteiger partial charge in [0.2, 0.25) is 5.91 Å². The second kappa shape index (κ2) is 6.48. The molecule has 2 atom stereocenters. The van der Waals surface area contributed by atoms with Gasteiger partial charge in [0.15, 0.2) is 0 Å². The summed E-state index contributed by atoms with van der Waals surface area (Å²) in [5, 5.41) is 3.06. The highest BCUT2D eigenvalue weighted by atomic mass is 16.5. The van der Waals surface area contributed by atoms with Gasteiger partial charge >= 0.3 is 0 Å². The highest BCUT2D eigenvalue weighted by Gasteiger charge is 2.26. The topological polar surface area (TPSA) is 41.6 Å². The Bertz CT molecular complexity index is 497. The summed E-state index contributed by atoms with van der Waals surface area (Å²) < 4.78 is 5.41. The number of carbonyl (C=O) groups excluding carboxylic acids is 1. The average Bonchev–Trinajstić information content (AvgIpc) is 3.16. The lowest BCUT2D eigenvalue weighted by atomic mass is 10.1. The minimum Gasteiger partial charge on any atom is -0.371 e. The Morgan fingerprint density at radius 3 is 3.10 bits per heavy atom. The minimum atomic E-state index is -0.209. The highest BCUT2D eigenvalue weighted by Crippen LogP contribution is 2.24. The Morgan fingerprint density at radius 2 is 2.33 bits per heavy atom. The molecule has 4 nitrogen and oxygen atoms in total. The minimum absolute atomic E-state index is 0.0708. The van der Waals surface area contributed by atoms with Gasteiger partial charge in [-0.2, -0.15) is 0 Å². The van der Waals surface area contributed by atoms with E-state index < -0.39 is 0 Å². The van der Waals surface area contributed by atoms with Crippen molar-refractivity contribution in [1.29, 1.82) is 0 Å². The average molecular weight is 288 g/mol. The summed E-state index contributed by atoms with van der Waals surface area (Å²) in [6, 6.07) is 8.63. The molecule has 0 radical (unpaired) electrons. The van der Waals surface area contributed by atoms with Gasteiger partial charge < -0.3 is 15.0 Å². The lowest BCUT2D eigenvalue weighted by molar-refractivity contribution is -0.130. The van der Waals surface area contributed by atoms with Crippen LogP contribution < -0.4 is 10.2 Å². The van der Waals surface area contributed by atoms with Gasteiger partial charge in [0.25, 0.3) is 0 Å². The van der Waals surface area contributed by atoms with Crippen molar-refractivity contribution in [1.82, 2.24) is 5.32 Å². The van der Waals surface area contributed by atoms with Gasteiger partial charge in [-0.15, -0.1) is 0 Å². The first kappa shape index (κ1) is 14.4. The summed E-state index contributed by atoms with van der Waals surface area (Å²) in [5.41, 5.74) is 2.59. The number of nitrogens with zero attached hydrogens (tertiary/aromatic N) is 1. The molecular formula is C17H24N2O2. The van der Waals surface area contributed by atoms with Gasteiger partial charge in [-0.1, -0.05) is 12.1 Å². The number of nitrogens with one attached hydrogen (secondary N) is 1. The molecule has 1 aromatic carbocycles. The summed E-state index contributed by atoms with van der Waals surface area (Å²) in [7, 11) is 0. The van der Waals surface area contributed by atoms with Crippen LogP contribution in [0.15, 0.2) is 24.3 Å². The van der Waals surface area contributed by atoms with Gasteiger partial charge in [-0.3, -0.25) is 4.79 Å². The summed E-state index contributed by atoms with van der Waals surface area (Å²) in [6.45, 7) is 5.71. The first-order chi connectivity index (χ1) is 10.2. The number of hydrogen-bond donors (Lipinski definition) is 1.